The first kappa shape index (κ1) is 26.2. The predicted molar refractivity (Wildman–Crippen MR) is 151 cm³/mol. The molecule has 2 heterocycles. The Morgan fingerprint density at radius 3 is 2.08 bits per heavy atom. The third-order valence-electron chi connectivity index (χ3n) is 5.78. The second-order valence-electron chi connectivity index (χ2n) is 8.25. The van der Waals surface area contributed by atoms with E-state index < -0.39 is 5.97 Å². The van der Waals surface area contributed by atoms with Crippen molar-refractivity contribution in [3.8, 4) is 34.3 Å². The van der Waals surface area contributed by atoms with E-state index in [1.807, 2.05) is 42.6 Å². The van der Waals surface area contributed by atoms with Crippen molar-refractivity contribution >= 4 is 34.2 Å². The lowest BCUT2D eigenvalue weighted by Gasteiger charge is -2.10. The Morgan fingerprint density at radius 2 is 1.46 bits per heavy atom. The molecule has 39 heavy (non-hydrogen) atoms. The van der Waals surface area contributed by atoms with Crippen LogP contribution in [0.5, 0.6) is 17.4 Å². The van der Waals surface area contributed by atoms with Crippen LogP contribution in [0.15, 0.2) is 88.6 Å². The highest BCUT2D eigenvalue weighted by molar-refractivity contribution is 8.15. The topological polar surface area (TPSA) is 92.5 Å². The first-order valence-electron chi connectivity index (χ1n) is 11.8. The van der Waals surface area contributed by atoms with Crippen LogP contribution >= 0.6 is 23.1 Å². The van der Waals surface area contributed by atoms with Gasteiger partial charge in [-0.1, -0.05) is 18.2 Å². The zero-order chi connectivity index (χ0) is 27.4. The molecule has 10 heteroatoms. The molecule has 8 nitrogen and oxygen atoms in total. The number of carbonyl (C=O) groups excluding carboxylic acids is 2. The molecule has 0 aliphatic heterocycles. The molecule has 0 aliphatic rings. The number of aryl methyl sites for hydroxylation is 1. The number of rotatable bonds is 8. The van der Waals surface area contributed by atoms with Gasteiger partial charge in [0, 0.05) is 10.9 Å². The SMILES string of the molecule is COc1ccc(C(=O)Oc2c(-c3csc(SC(=O)c4ccc(OC)cc4)n3)c(C)nn2-c2ccccc2)cc1. The van der Waals surface area contributed by atoms with Crippen molar-refractivity contribution in [1.82, 2.24) is 14.8 Å². The summed E-state index contributed by atoms with van der Waals surface area (Å²) in [4.78, 5) is 30.7. The van der Waals surface area contributed by atoms with Gasteiger partial charge in [0.2, 0.25) is 11.0 Å². The van der Waals surface area contributed by atoms with E-state index in [1.54, 1.807) is 67.4 Å². The third kappa shape index (κ3) is 5.71. The van der Waals surface area contributed by atoms with Gasteiger partial charge in [-0.05, 0) is 79.3 Å². The molecule has 0 saturated heterocycles. The number of hydrogen-bond donors (Lipinski definition) is 0. The first-order valence-corrected chi connectivity index (χ1v) is 13.5. The lowest BCUT2D eigenvalue weighted by molar-refractivity contribution is 0.0723. The van der Waals surface area contributed by atoms with E-state index >= 15 is 0 Å². The van der Waals surface area contributed by atoms with Gasteiger partial charge in [0.1, 0.15) is 11.5 Å². The summed E-state index contributed by atoms with van der Waals surface area (Å²) in [5, 5.41) is 6.35. The van der Waals surface area contributed by atoms with Gasteiger partial charge in [-0.15, -0.1) is 11.3 Å². The molecule has 0 N–H and O–H groups in total. The Hall–Kier alpha value is -4.41. The molecule has 0 atom stereocenters. The van der Waals surface area contributed by atoms with Crippen molar-refractivity contribution < 1.29 is 23.8 Å². The second kappa shape index (κ2) is 11.5. The number of hydrogen-bond acceptors (Lipinski definition) is 9. The van der Waals surface area contributed by atoms with E-state index in [0.717, 1.165) is 17.4 Å². The van der Waals surface area contributed by atoms with Crippen molar-refractivity contribution in [3.05, 3.63) is 101 Å². The lowest BCUT2D eigenvalue weighted by atomic mass is 10.2. The smallest absolute Gasteiger partial charge is 0.344 e. The number of thiazole rings is 1. The molecule has 0 saturated carbocycles. The molecule has 0 bridgehead atoms. The molecule has 196 valence electrons. The zero-order valence-electron chi connectivity index (χ0n) is 21.3. The minimum absolute atomic E-state index is 0.138. The van der Waals surface area contributed by atoms with Gasteiger partial charge < -0.3 is 14.2 Å². The van der Waals surface area contributed by atoms with Gasteiger partial charge in [-0.3, -0.25) is 4.79 Å². The number of aromatic nitrogens is 3. The standard InChI is InChI=1S/C29H23N3O5S2/c1-18-25(24-17-38-29(30-24)39-28(34)20-11-15-23(36-3)16-12-20)26(32(31-18)21-7-5-4-6-8-21)37-27(33)19-9-13-22(35-2)14-10-19/h4-17H,1-3H3. The Balaban J connectivity index is 1.47. The van der Waals surface area contributed by atoms with Gasteiger partial charge in [-0.25, -0.2) is 9.78 Å². The van der Waals surface area contributed by atoms with Gasteiger partial charge in [-0.2, -0.15) is 9.78 Å². The highest BCUT2D eigenvalue weighted by atomic mass is 32.2. The summed E-state index contributed by atoms with van der Waals surface area (Å²) in [6, 6.07) is 23.0. The molecule has 0 radical (unpaired) electrons. The predicted octanol–water partition coefficient (Wildman–Crippen LogP) is 6.47. The van der Waals surface area contributed by atoms with Gasteiger partial charge in [0.25, 0.3) is 0 Å². The average molecular weight is 558 g/mol. The van der Waals surface area contributed by atoms with Crippen molar-refractivity contribution in [2.75, 3.05) is 14.2 Å². The van der Waals surface area contributed by atoms with E-state index in [-0.39, 0.29) is 11.0 Å². The van der Waals surface area contributed by atoms with E-state index in [0.29, 0.717) is 43.9 Å². The normalized spacial score (nSPS) is 10.7. The van der Waals surface area contributed by atoms with Crippen LogP contribution in [0.25, 0.3) is 16.9 Å². The number of nitrogens with zero attached hydrogens (tertiary/aromatic N) is 3. The minimum atomic E-state index is -0.546. The van der Waals surface area contributed by atoms with Crippen LogP contribution in [0, 0.1) is 6.92 Å². The monoisotopic (exact) mass is 557 g/mol. The molecule has 0 aliphatic carbocycles. The summed E-state index contributed by atoms with van der Waals surface area (Å²) >= 11 is 2.37. The number of esters is 1. The largest absolute Gasteiger partial charge is 0.497 e. The third-order valence-corrected chi connectivity index (χ3v) is 7.64. The fraction of sp³-hybridized carbons (Fsp3) is 0.103. The number of thioether (sulfide) groups is 1. The van der Waals surface area contributed by atoms with Gasteiger partial charge in [0.15, 0.2) is 4.34 Å². The summed E-state index contributed by atoms with van der Waals surface area (Å²) in [5.41, 5.74) is 3.38. The Labute approximate surface area is 233 Å². The number of para-hydroxylation sites is 1. The van der Waals surface area contributed by atoms with Crippen LogP contribution in [0.1, 0.15) is 26.4 Å². The van der Waals surface area contributed by atoms with Crippen LogP contribution in [0.3, 0.4) is 0 Å². The van der Waals surface area contributed by atoms with Crippen molar-refractivity contribution in [2.45, 2.75) is 11.3 Å². The molecular formula is C29H23N3O5S2. The lowest BCUT2D eigenvalue weighted by Crippen LogP contribution is -2.12. The molecule has 5 rings (SSSR count). The Kier molecular flexibility index (Phi) is 7.76. The summed E-state index contributed by atoms with van der Waals surface area (Å²) in [6.45, 7) is 1.83. The van der Waals surface area contributed by atoms with Crippen LogP contribution in [0.4, 0.5) is 0 Å². The zero-order valence-corrected chi connectivity index (χ0v) is 22.9. The average Bonchev–Trinajstić information content (AvgIpc) is 3.56. The van der Waals surface area contributed by atoms with Crippen LogP contribution < -0.4 is 14.2 Å². The van der Waals surface area contributed by atoms with E-state index in [1.165, 1.54) is 11.3 Å². The summed E-state index contributed by atoms with van der Waals surface area (Å²) in [6.07, 6.45) is 0. The molecule has 3 aromatic carbocycles. The van der Waals surface area contributed by atoms with Crippen molar-refractivity contribution in [1.29, 1.82) is 0 Å². The fourth-order valence-electron chi connectivity index (χ4n) is 3.80. The molecule has 0 fully saturated rings. The number of methoxy groups -OCH3 is 2. The van der Waals surface area contributed by atoms with Gasteiger partial charge in [0.05, 0.1) is 42.4 Å². The van der Waals surface area contributed by atoms with E-state index in [2.05, 4.69) is 10.1 Å². The number of benzene rings is 3. The molecular weight excluding hydrogens is 534 g/mol. The minimum Gasteiger partial charge on any atom is -0.497 e. The van der Waals surface area contributed by atoms with E-state index in [9.17, 15) is 9.59 Å². The Morgan fingerprint density at radius 1 is 0.846 bits per heavy atom. The van der Waals surface area contributed by atoms with Crippen LogP contribution in [-0.4, -0.2) is 40.1 Å². The molecule has 0 spiro atoms. The number of carbonyl (C=O) groups is 2. The van der Waals surface area contributed by atoms with Crippen molar-refractivity contribution in [3.63, 3.8) is 0 Å². The molecule has 2 aromatic heterocycles. The first-order chi connectivity index (χ1) is 19.0. The van der Waals surface area contributed by atoms with Crippen LogP contribution in [-0.2, 0) is 0 Å². The highest BCUT2D eigenvalue weighted by Crippen LogP contribution is 2.38. The van der Waals surface area contributed by atoms with Crippen molar-refractivity contribution in [2.24, 2.45) is 0 Å². The van der Waals surface area contributed by atoms with Crippen LogP contribution in [0.2, 0.25) is 0 Å². The summed E-state index contributed by atoms with van der Waals surface area (Å²) in [7, 11) is 3.14. The Bertz CT molecular complexity index is 1610. The fourth-order valence-corrected chi connectivity index (χ4v) is 5.45. The maximum atomic E-state index is 13.2. The van der Waals surface area contributed by atoms with Gasteiger partial charge >= 0.3 is 5.97 Å². The highest BCUT2D eigenvalue weighted by Gasteiger charge is 2.25. The second-order valence-corrected chi connectivity index (χ2v) is 10.3. The maximum absolute atomic E-state index is 13.2. The molecule has 0 amide bonds. The molecule has 5 aromatic rings. The summed E-state index contributed by atoms with van der Waals surface area (Å²) in [5.74, 6) is 1.00. The summed E-state index contributed by atoms with van der Waals surface area (Å²) < 4.78 is 18.4. The molecule has 0 unspecified atom stereocenters. The number of ether oxygens (including phenoxy) is 3. The maximum Gasteiger partial charge on any atom is 0.344 e. The quantitative estimate of drug-likeness (QED) is 0.158. The van der Waals surface area contributed by atoms with E-state index in [4.69, 9.17) is 14.2 Å².